The molecule has 0 amide bonds. The lowest BCUT2D eigenvalue weighted by Crippen LogP contribution is -2.42. The van der Waals surface area contributed by atoms with Gasteiger partial charge >= 0.3 is 0 Å². The molecule has 2 aromatic heterocycles. The van der Waals surface area contributed by atoms with E-state index in [1.165, 1.54) is 67.1 Å². The molecule has 0 spiro atoms. The zero-order valence-corrected chi connectivity index (χ0v) is 19.5. The van der Waals surface area contributed by atoms with Crippen molar-refractivity contribution in [3.63, 3.8) is 0 Å². The van der Waals surface area contributed by atoms with Crippen molar-refractivity contribution in [2.75, 3.05) is 0 Å². The molecule has 0 radical (unpaired) electrons. The largest absolute Gasteiger partial charge is 0.327 e. The van der Waals surface area contributed by atoms with Crippen LogP contribution in [-0.2, 0) is 5.54 Å². The molecule has 0 bridgehead atoms. The third-order valence-corrected chi connectivity index (χ3v) is 8.14. The fourth-order valence-corrected chi connectivity index (χ4v) is 6.30. The first-order valence-corrected chi connectivity index (χ1v) is 12.7. The van der Waals surface area contributed by atoms with Crippen molar-refractivity contribution in [3.8, 4) is 11.3 Å². The molecule has 2 aliphatic rings. The van der Waals surface area contributed by atoms with Gasteiger partial charge in [-0.2, -0.15) is 0 Å². The molecule has 5 heteroatoms. The van der Waals surface area contributed by atoms with E-state index in [9.17, 15) is 0 Å². The molecule has 2 fully saturated rings. The van der Waals surface area contributed by atoms with Crippen molar-refractivity contribution in [3.05, 3.63) is 66.5 Å². The Morgan fingerprint density at radius 1 is 0.848 bits per heavy atom. The molecule has 2 aliphatic carbocycles. The standard InChI is InChI=1S/C28H33N5/c1-21-16-18-28(19-17-21,27-29-30-31-33(27)24-13-6-3-7-14-24)32-25-15-9-8-12-23(25)20-26(32)22-10-4-2-5-11-22/h2,4-5,8-12,15,20-21,24H,3,6-7,13-14,16-19H2,1H3. The predicted molar refractivity (Wildman–Crippen MR) is 132 cm³/mol. The molecule has 0 atom stereocenters. The van der Waals surface area contributed by atoms with Gasteiger partial charge in [0, 0.05) is 10.9 Å². The van der Waals surface area contributed by atoms with Crippen LogP contribution in [0.5, 0.6) is 0 Å². The van der Waals surface area contributed by atoms with E-state index in [0.29, 0.717) is 6.04 Å². The Morgan fingerprint density at radius 3 is 2.36 bits per heavy atom. The molecule has 33 heavy (non-hydrogen) atoms. The van der Waals surface area contributed by atoms with Crippen LogP contribution in [0.1, 0.15) is 76.6 Å². The summed E-state index contributed by atoms with van der Waals surface area (Å²) in [6.07, 6.45) is 10.8. The van der Waals surface area contributed by atoms with Gasteiger partial charge in [-0.3, -0.25) is 0 Å². The summed E-state index contributed by atoms with van der Waals surface area (Å²) >= 11 is 0. The minimum Gasteiger partial charge on any atom is -0.327 e. The summed E-state index contributed by atoms with van der Waals surface area (Å²) in [6.45, 7) is 2.39. The topological polar surface area (TPSA) is 48.5 Å². The van der Waals surface area contributed by atoms with E-state index < -0.39 is 0 Å². The number of fused-ring (bicyclic) bond motifs is 1. The Morgan fingerprint density at radius 2 is 1.58 bits per heavy atom. The molecule has 2 saturated carbocycles. The van der Waals surface area contributed by atoms with Crippen LogP contribution >= 0.6 is 0 Å². The molecule has 5 nitrogen and oxygen atoms in total. The Balaban J connectivity index is 1.60. The van der Waals surface area contributed by atoms with Gasteiger partial charge in [0.2, 0.25) is 0 Å². The highest BCUT2D eigenvalue weighted by Crippen LogP contribution is 2.47. The third-order valence-electron chi connectivity index (χ3n) is 8.14. The molecule has 2 aromatic carbocycles. The highest BCUT2D eigenvalue weighted by molar-refractivity contribution is 5.87. The number of rotatable bonds is 4. The summed E-state index contributed by atoms with van der Waals surface area (Å²) in [6, 6.07) is 22.4. The molecular weight excluding hydrogens is 406 g/mol. The number of hydrogen-bond donors (Lipinski definition) is 0. The van der Waals surface area contributed by atoms with Crippen molar-refractivity contribution in [1.82, 2.24) is 24.8 Å². The van der Waals surface area contributed by atoms with Gasteiger partial charge in [0.15, 0.2) is 5.82 Å². The van der Waals surface area contributed by atoms with Gasteiger partial charge in [0.1, 0.15) is 5.54 Å². The highest BCUT2D eigenvalue weighted by Gasteiger charge is 2.45. The van der Waals surface area contributed by atoms with Crippen LogP contribution in [0.4, 0.5) is 0 Å². The van der Waals surface area contributed by atoms with E-state index in [1.54, 1.807) is 0 Å². The summed E-state index contributed by atoms with van der Waals surface area (Å²) < 4.78 is 4.83. The molecule has 6 rings (SSSR count). The SMILES string of the molecule is CC1CCC(c2nnnn2C2CCCCC2)(n2c(-c3ccccc3)cc3ccccc32)CC1. The van der Waals surface area contributed by atoms with Crippen molar-refractivity contribution >= 4 is 10.9 Å². The zero-order valence-electron chi connectivity index (χ0n) is 19.5. The second-order valence-corrected chi connectivity index (χ2v) is 10.2. The normalized spacial score (nSPS) is 24.3. The van der Waals surface area contributed by atoms with E-state index in [4.69, 9.17) is 5.10 Å². The van der Waals surface area contributed by atoms with Crippen molar-refractivity contribution in [2.45, 2.75) is 76.3 Å². The average Bonchev–Trinajstić information content (AvgIpc) is 3.52. The Kier molecular flexibility index (Phi) is 5.28. The number of hydrogen-bond acceptors (Lipinski definition) is 3. The van der Waals surface area contributed by atoms with E-state index >= 15 is 0 Å². The van der Waals surface area contributed by atoms with Gasteiger partial charge in [-0.25, -0.2) is 4.68 Å². The first kappa shape index (κ1) is 20.6. The second kappa shape index (κ2) is 8.44. The Labute approximate surface area is 195 Å². The van der Waals surface area contributed by atoms with Crippen LogP contribution < -0.4 is 0 Å². The maximum Gasteiger partial charge on any atom is 0.177 e. The average molecular weight is 440 g/mol. The van der Waals surface area contributed by atoms with Gasteiger partial charge in [0.25, 0.3) is 0 Å². The molecular formula is C28H33N5. The van der Waals surface area contributed by atoms with Gasteiger partial charge < -0.3 is 4.57 Å². The quantitative estimate of drug-likeness (QED) is 0.353. The maximum absolute atomic E-state index is 4.79. The lowest BCUT2D eigenvalue weighted by molar-refractivity contribution is 0.183. The number of nitrogens with zero attached hydrogens (tertiary/aromatic N) is 5. The first-order valence-electron chi connectivity index (χ1n) is 12.7. The molecule has 2 heterocycles. The number of aromatic nitrogens is 5. The van der Waals surface area contributed by atoms with Crippen molar-refractivity contribution in [2.24, 2.45) is 5.92 Å². The van der Waals surface area contributed by atoms with Gasteiger partial charge in [-0.05, 0) is 72.6 Å². The monoisotopic (exact) mass is 439 g/mol. The molecule has 0 saturated heterocycles. The number of benzene rings is 2. The lowest BCUT2D eigenvalue weighted by Gasteiger charge is -2.42. The van der Waals surface area contributed by atoms with E-state index in [-0.39, 0.29) is 5.54 Å². The van der Waals surface area contributed by atoms with Crippen LogP contribution in [0.3, 0.4) is 0 Å². The smallest absolute Gasteiger partial charge is 0.177 e. The van der Waals surface area contributed by atoms with E-state index in [2.05, 4.69) is 87.3 Å². The summed E-state index contributed by atoms with van der Waals surface area (Å²) in [4.78, 5) is 0. The lowest BCUT2D eigenvalue weighted by atomic mass is 9.75. The molecule has 0 unspecified atom stereocenters. The first-order chi connectivity index (χ1) is 16.3. The van der Waals surface area contributed by atoms with Crippen LogP contribution in [0.2, 0.25) is 0 Å². The summed E-state index contributed by atoms with van der Waals surface area (Å²) in [5.74, 6) is 1.80. The minimum absolute atomic E-state index is 0.234. The molecule has 0 N–H and O–H groups in total. The van der Waals surface area contributed by atoms with Gasteiger partial charge in [0.05, 0.1) is 11.7 Å². The summed E-state index contributed by atoms with van der Waals surface area (Å²) in [5, 5.41) is 15.0. The molecule has 0 aliphatic heterocycles. The third kappa shape index (κ3) is 3.49. The van der Waals surface area contributed by atoms with Crippen LogP contribution in [0, 0.1) is 5.92 Å². The van der Waals surface area contributed by atoms with Crippen LogP contribution in [0.25, 0.3) is 22.2 Å². The Hall–Kier alpha value is -2.95. The summed E-state index contributed by atoms with van der Waals surface area (Å²) in [7, 11) is 0. The number of tetrazole rings is 1. The Bertz CT molecular complexity index is 1220. The predicted octanol–water partition coefficient (Wildman–Crippen LogP) is 6.75. The van der Waals surface area contributed by atoms with Gasteiger partial charge in [-0.15, -0.1) is 5.10 Å². The van der Waals surface area contributed by atoms with Crippen LogP contribution in [0.15, 0.2) is 60.7 Å². The number of para-hydroxylation sites is 1. The second-order valence-electron chi connectivity index (χ2n) is 10.2. The highest BCUT2D eigenvalue weighted by atomic mass is 15.6. The molecule has 4 aromatic rings. The molecule has 170 valence electrons. The van der Waals surface area contributed by atoms with Gasteiger partial charge in [-0.1, -0.05) is 74.7 Å². The zero-order chi connectivity index (χ0) is 22.3. The van der Waals surface area contributed by atoms with E-state index in [0.717, 1.165) is 24.6 Å². The van der Waals surface area contributed by atoms with E-state index in [1.807, 2.05) is 0 Å². The van der Waals surface area contributed by atoms with Crippen LogP contribution in [-0.4, -0.2) is 24.8 Å². The fourth-order valence-electron chi connectivity index (χ4n) is 6.30. The summed E-state index contributed by atoms with van der Waals surface area (Å²) in [5.41, 5.74) is 3.57. The maximum atomic E-state index is 4.79. The minimum atomic E-state index is -0.234. The van der Waals surface area contributed by atoms with Crippen molar-refractivity contribution < 1.29 is 0 Å². The fraction of sp³-hybridized carbons (Fsp3) is 0.464. The van der Waals surface area contributed by atoms with Crippen molar-refractivity contribution in [1.29, 1.82) is 0 Å².